The summed E-state index contributed by atoms with van der Waals surface area (Å²) in [6.45, 7) is 4.38. The van der Waals surface area contributed by atoms with Gasteiger partial charge in [-0.05, 0) is 100 Å². The van der Waals surface area contributed by atoms with Gasteiger partial charge in [0.1, 0.15) is 0 Å². The van der Waals surface area contributed by atoms with Crippen LogP contribution in [0.15, 0.2) is 0 Å². The summed E-state index contributed by atoms with van der Waals surface area (Å²) in [5.41, 5.74) is 0. The number of hydrogen-bond donors (Lipinski definition) is 4. The van der Waals surface area contributed by atoms with Crippen LogP contribution in [0, 0.1) is 0 Å². The second-order valence-electron chi connectivity index (χ2n) is 9.81. The zero-order chi connectivity index (χ0) is 26.7. The average Bonchev–Trinajstić information content (AvgIpc) is 2.88. The van der Waals surface area contributed by atoms with Crippen molar-refractivity contribution in [2.24, 2.45) is 0 Å². The molecule has 0 saturated heterocycles. The van der Waals surface area contributed by atoms with Crippen molar-refractivity contribution in [3.63, 3.8) is 0 Å². The molecule has 0 fully saturated rings. The second kappa shape index (κ2) is 29.2. The van der Waals surface area contributed by atoms with Crippen molar-refractivity contribution in [2.45, 2.75) is 116 Å². The highest BCUT2D eigenvalue weighted by Crippen LogP contribution is 2.14. The zero-order valence-corrected chi connectivity index (χ0v) is 28.1. The third-order valence-electron chi connectivity index (χ3n) is 6.58. The van der Waals surface area contributed by atoms with Crippen molar-refractivity contribution in [2.75, 3.05) is 49.2 Å². The molecule has 8 heteroatoms. The van der Waals surface area contributed by atoms with E-state index in [1.54, 1.807) is 0 Å². The average molecular weight is 613 g/mol. The van der Waals surface area contributed by atoms with Crippen LogP contribution in [0.25, 0.3) is 0 Å². The van der Waals surface area contributed by atoms with Crippen LogP contribution in [-0.2, 0) is 0 Å². The Hall–Kier alpha value is 1.18. The van der Waals surface area contributed by atoms with Gasteiger partial charge in [-0.2, -0.15) is 50.5 Å². The Labute approximate surface area is 257 Å². The van der Waals surface area contributed by atoms with Gasteiger partial charge in [-0.25, -0.2) is 0 Å². The first-order valence-electron chi connectivity index (χ1n) is 14.6. The van der Waals surface area contributed by atoms with E-state index in [0.717, 1.165) is 62.0 Å². The Morgan fingerprint density at radius 2 is 0.611 bits per heavy atom. The molecule has 0 saturated carbocycles. The van der Waals surface area contributed by atoms with Gasteiger partial charge in [-0.1, -0.05) is 63.0 Å². The highest BCUT2D eigenvalue weighted by molar-refractivity contribution is 7.81. The van der Waals surface area contributed by atoms with Gasteiger partial charge in [-0.3, -0.25) is 0 Å². The summed E-state index contributed by atoms with van der Waals surface area (Å²) >= 11 is 29.0. The van der Waals surface area contributed by atoms with E-state index >= 15 is 0 Å². The van der Waals surface area contributed by atoms with Crippen molar-refractivity contribution in [3.8, 4) is 0 Å². The highest BCUT2D eigenvalue weighted by Gasteiger charge is 2.10. The zero-order valence-electron chi connectivity index (χ0n) is 22.9. The standard InChI is InChI=1S/C28H56N2S6/c31-23-13-9-19-29(20-10-14-24-32)27(35)17-7-5-3-1-2-4-6-8-18-28(36)30(21-11-15-25-33)22-12-16-26-34/h31-34H,1-26H2. The van der Waals surface area contributed by atoms with E-state index in [1.807, 2.05) is 0 Å². The fourth-order valence-electron chi connectivity index (χ4n) is 4.31. The Morgan fingerprint density at radius 3 is 0.861 bits per heavy atom. The van der Waals surface area contributed by atoms with Gasteiger partial charge in [0.05, 0.1) is 9.98 Å². The van der Waals surface area contributed by atoms with Crippen LogP contribution in [-0.4, -0.2) is 69.0 Å². The van der Waals surface area contributed by atoms with Crippen LogP contribution in [0.3, 0.4) is 0 Å². The largest absolute Gasteiger partial charge is 0.366 e. The van der Waals surface area contributed by atoms with Crippen molar-refractivity contribution >= 4 is 84.9 Å². The van der Waals surface area contributed by atoms with E-state index < -0.39 is 0 Å². The Kier molecular flexibility index (Phi) is 30.1. The molecule has 214 valence electrons. The third kappa shape index (κ3) is 23.1. The van der Waals surface area contributed by atoms with Crippen molar-refractivity contribution in [1.29, 1.82) is 0 Å². The molecule has 0 aliphatic rings. The van der Waals surface area contributed by atoms with E-state index in [0.29, 0.717) is 0 Å². The topological polar surface area (TPSA) is 6.48 Å². The number of hydrogen-bond acceptors (Lipinski definition) is 6. The Balaban J connectivity index is 3.90. The lowest BCUT2D eigenvalue weighted by Crippen LogP contribution is -2.31. The van der Waals surface area contributed by atoms with Gasteiger partial charge in [0.15, 0.2) is 0 Å². The minimum atomic E-state index is 0.968. The van der Waals surface area contributed by atoms with E-state index in [-0.39, 0.29) is 0 Å². The van der Waals surface area contributed by atoms with Crippen LogP contribution in [0.1, 0.15) is 116 Å². The summed E-state index contributed by atoms with van der Waals surface area (Å²) in [5.74, 6) is 3.87. The summed E-state index contributed by atoms with van der Waals surface area (Å²) in [7, 11) is 0. The molecule has 0 N–H and O–H groups in total. The lowest BCUT2D eigenvalue weighted by molar-refractivity contribution is 0.396. The number of nitrogens with zero attached hydrogens (tertiary/aromatic N) is 2. The summed E-state index contributed by atoms with van der Waals surface area (Å²) < 4.78 is 0. The molecule has 0 rings (SSSR count). The van der Waals surface area contributed by atoms with Gasteiger partial charge in [0.2, 0.25) is 0 Å². The molecule has 0 atom stereocenters. The van der Waals surface area contributed by atoms with E-state index in [2.05, 4.69) is 60.3 Å². The van der Waals surface area contributed by atoms with Crippen LogP contribution in [0.4, 0.5) is 0 Å². The number of thiocarbonyl (C=S) groups is 2. The minimum absolute atomic E-state index is 0.968. The van der Waals surface area contributed by atoms with Crippen LogP contribution in [0.5, 0.6) is 0 Å². The molecule has 0 aromatic rings. The SMILES string of the molecule is S=C(CCCCCCCCCCC(=S)N(CCCCS)CCCCS)N(CCCCS)CCCCS. The molecule has 0 aromatic carbocycles. The summed E-state index contributed by atoms with van der Waals surface area (Å²) in [6, 6.07) is 0. The van der Waals surface area contributed by atoms with Crippen LogP contribution < -0.4 is 0 Å². The monoisotopic (exact) mass is 612 g/mol. The molecule has 0 spiro atoms. The van der Waals surface area contributed by atoms with Gasteiger partial charge in [0, 0.05) is 26.2 Å². The smallest absolute Gasteiger partial charge is 0.0779 e. The van der Waals surface area contributed by atoms with Crippen molar-refractivity contribution in [3.05, 3.63) is 0 Å². The highest BCUT2D eigenvalue weighted by atomic mass is 32.1. The predicted octanol–water partition coefficient (Wildman–Crippen LogP) is 8.99. The van der Waals surface area contributed by atoms with Gasteiger partial charge < -0.3 is 9.80 Å². The molecule has 0 aliphatic carbocycles. The minimum Gasteiger partial charge on any atom is -0.366 e. The van der Waals surface area contributed by atoms with E-state index in [4.69, 9.17) is 24.4 Å². The summed E-state index contributed by atoms with van der Waals surface area (Å²) in [6.07, 6.45) is 22.1. The predicted molar refractivity (Wildman–Crippen MR) is 187 cm³/mol. The normalized spacial score (nSPS) is 11.1. The molecule has 0 aromatic heterocycles. The molecule has 2 nitrogen and oxygen atoms in total. The van der Waals surface area contributed by atoms with Gasteiger partial charge in [-0.15, -0.1) is 0 Å². The molecular weight excluding hydrogens is 557 g/mol. The first-order chi connectivity index (χ1) is 17.6. The Morgan fingerprint density at radius 1 is 0.361 bits per heavy atom. The van der Waals surface area contributed by atoms with E-state index in [9.17, 15) is 0 Å². The number of thiol groups is 4. The maximum atomic E-state index is 5.79. The molecule has 0 radical (unpaired) electrons. The molecule has 0 aliphatic heterocycles. The first-order valence-corrected chi connectivity index (χ1v) is 17.9. The maximum Gasteiger partial charge on any atom is 0.0779 e. The number of rotatable bonds is 27. The third-order valence-corrected chi connectivity index (χ3v) is 8.77. The maximum absolute atomic E-state index is 5.79. The van der Waals surface area contributed by atoms with Crippen LogP contribution >= 0.6 is 75.0 Å². The molecule has 0 heterocycles. The van der Waals surface area contributed by atoms with Crippen LogP contribution in [0.2, 0.25) is 0 Å². The molecule has 0 unspecified atom stereocenters. The fraction of sp³-hybridized carbons (Fsp3) is 0.929. The number of unbranched alkanes of at least 4 members (excludes halogenated alkanes) is 11. The molecule has 0 bridgehead atoms. The fourth-order valence-corrected chi connectivity index (χ4v) is 5.86. The molecule has 36 heavy (non-hydrogen) atoms. The van der Waals surface area contributed by atoms with Crippen molar-refractivity contribution < 1.29 is 0 Å². The Bertz CT molecular complexity index is 442. The first kappa shape index (κ1) is 37.2. The van der Waals surface area contributed by atoms with Gasteiger partial charge >= 0.3 is 0 Å². The lowest BCUT2D eigenvalue weighted by atomic mass is 10.1. The molecular formula is C28H56N2S6. The second-order valence-corrected chi connectivity index (χ2v) is 12.5. The van der Waals surface area contributed by atoms with Crippen molar-refractivity contribution in [1.82, 2.24) is 9.80 Å². The summed E-state index contributed by atoms with van der Waals surface area (Å²) in [4.78, 5) is 7.26. The van der Waals surface area contributed by atoms with Gasteiger partial charge in [0.25, 0.3) is 0 Å². The van der Waals surface area contributed by atoms with E-state index in [1.165, 1.54) is 113 Å². The quantitative estimate of drug-likeness (QED) is 0.0417. The lowest BCUT2D eigenvalue weighted by Gasteiger charge is -2.25. The molecule has 0 amide bonds. The summed E-state index contributed by atoms with van der Waals surface area (Å²) in [5, 5.41) is 0.